The number of benzene rings is 3. The highest BCUT2D eigenvalue weighted by Crippen LogP contribution is 2.41. The molecule has 0 aromatic heterocycles. The van der Waals surface area contributed by atoms with E-state index in [0.29, 0.717) is 5.56 Å². The normalized spacial score (nSPS) is 14.8. The SMILES string of the molecule is O=C1/C(=C/c2ccccc2)Oc2cc(O)c(-c3ccc(C(F)(F)F)cc3)cc21. The molecule has 3 aromatic carbocycles. The van der Waals surface area contributed by atoms with Gasteiger partial charge in [0.15, 0.2) is 5.76 Å². The summed E-state index contributed by atoms with van der Waals surface area (Å²) in [6.07, 6.45) is -2.85. The van der Waals surface area contributed by atoms with Crippen LogP contribution in [0, 0.1) is 0 Å². The smallest absolute Gasteiger partial charge is 0.416 e. The van der Waals surface area contributed by atoms with Crippen molar-refractivity contribution in [1.29, 1.82) is 0 Å². The van der Waals surface area contributed by atoms with E-state index in [-0.39, 0.29) is 34.2 Å². The summed E-state index contributed by atoms with van der Waals surface area (Å²) >= 11 is 0. The Labute approximate surface area is 158 Å². The minimum Gasteiger partial charge on any atom is -0.507 e. The number of hydrogen-bond donors (Lipinski definition) is 1. The van der Waals surface area contributed by atoms with E-state index >= 15 is 0 Å². The van der Waals surface area contributed by atoms with Crippen LogP contribution in [0.2, 0.25) is 0 Å². The lowest BCUT2D eigenvalue weighted by Crippen LogP contribution is -2.04. The summed E-state index contributed by atoms with van der Waals surface area (Å²) in [6, 6.07) is 16.2. The number of hydrogen-bond acceptors (Lipinski definition) is 3. The molecule has 4 rings (SSSR count). The highest BCUT2D eigenvalue weighted by Gasteiger charge is 2.31. The summed E-state index contributed by atoms with van der Waals surface area (Å²) in [7, 11) is 0. The number of aromatic hydroxyl groups is 1. The lowest BCUT2D eigenvalue weighted by atomic mass is 9.98. The third-order valence-corrected chi connectivity index (χ3v) is 4.41. The van der Waals surface area contributed by atoms with Crippen molar-refractivity contribution in [3.8, 4) is 22.6 Å². The van der Waals surface area contributed by atoms with E-state index in [0.717, 1.165) is 17.7 Å². The minimum atomic E-state index is -4.44. The largest absolute Gasteiger partial charge is 0.507 e. The van der Waals surface area contributed by atoms with Gasteiger partial charge in [-0.15, -0.1) is 0 Å². The molecular weight excluding hydrogens is 369 g/mol. The van der Waals surface area contributed by atoms with Gasteiger partial charge in [0.25, 0.3) is 0 Å². The molecule has 1 N–H and O–H groups in total. The molecule has 0 spiro atoms. The molecule has 0 aliphatic carbocycles. The average Bonchev–Trinajstić information content (AvgIpc) is 2.96. The van der Waals surface area contributed by atoms with Crippen molar-refractivity contribution in [2.75, 3.05) is 0 Å². The third kappa shape index (κ3) is 3.24. The molecule has 6 heteroatoms. The Morgan fingerprint density at radius 2 is 1.57 bits per heavy atom. The van der Waals surface area contributed by atoms with Crippen LogP contribution in [-0.2, 0) is 6.18 Å². The van der Waals surface area contributed by atoms with Crippen LogP contribution in [0.15, 0.2) is 72.5 Å². The Morgan fingerprint density at radius 3 is 2.21 bits per heavy atom. The van der Waals surface area contributed by atoms with Gasteiger partial charge < -0.3 is 9.84 Å². The molecule has 1 heterocycles. The average molecular weight is 382 g/mol. The Hall–Kier alpha value is -3.54. The predicted molar refractivity (Wildman–Crippen MR) is 97.9 cm³/mol. The number of carbonyl (C=O) groups excluding carboxylic acids is 1. The Balaban J connectivity index is 1.70. The second-order valence-corrected chi connectivity index (χ2v) is 6.29. The lowest BCUT2D eigenvalue weighted by Gasteiger charge is -2.09. The molecule has 0 saturated heterocycles. The topological polar surface area (TPSA) is 46.5 Å². The van der Waals surface area contributed by atoms with Crippen LogP contribution in [0.4, 0.5) is 13.2 Å². The number of carbonyl (C=O) groups is 1. The first-order chi connectivity index (χ1) is 13.3. The van der Waals surface area contributed by atoms with Crippen molar-refractivity contribution in [2.24, 2.45) is 0 Å². The summed E-state index contributed by atoms with van der Waals surface area (Å²) in [4.78, 5) is 12.7. The van der Waals surface area contributed by atoms with Gasteiger partial charge in [0, 0.05) is 11.6 Å². The van der Waals surface area contributed by atoms with Gasteiger partial charge in [-0.05, 0) is 35.4 Å². The van der Waals surface area contributed by atoms with E-state index in [2.05, 4.69) is 0 Å². The number of fused-ring (bicyclic) bond motifs is 1. The Bertz CT molecular complexity index is 1080. The fourth-order valence-electron chi connectivity index (χ4n) is 2.99. The summed E-state index contributed by atoms with van der Waals surface area (Å²) in [6.45, 7) is 0. The molecule has 3 aromatic rings. The van der Waals surface area contributed by atoms with E-state index < -0.39 is 11.7 Å². The van der Waals surface area contributed by atoms with Gasteiger partial charge in [-0.1, -0.05) is 42.5 Å². The van der Waals surface area contributed by atoms with Crippen LogP contribution in [0.1, 0.15) is 21.5 Å². The van der Waals surface area contributed by atoms with Gasteiger partial charge in [-0.3, -0.25) is 4.79 Å². The molecule has 3 nitrogen and oxygen atoms in total. The first kappa shape index (κ1) is 17.9. The molecule has 140 valence electrons. The zero-order valence-electron chi connectivity index (χ0n) is 14.3. The second-order valence-electron chi connectivity index (χ2n) is 6.29. The van der Waals surface area contributed by atoms with E-state index in [1.165, 1.54) is 24.3 Å². The van der Waals surface area contributed by atoms with Gasteiger partial charge >= 0.3 is 6.18 Å². The van der Waals surface area contributed by atoms with Crippen LogP contribution in [-0.4, -0.2) is 10.9 Å². The lowest BCUT2D eigenvalue weighted by molar-refractivity contribution is -0.137. The van der Waals surface area contributed by atoms with E-state index in [1.807, 2.05) is 30.3 Å². The maximum atomic E-state index is 12.7. The van der Waals surface area contributed by atoms with E-state index in [4.69, 9.17) is 4.74 Å². The number of halogens is 3. The Morgan fingerprint density at radius 1 is 0.893 bits per heavy atom. The molecule has 1 aliphatic heterocycles. The van der Waals surface area contributed by atoms with Gasteiger partial charge in [0.2, 0.25) is 5.78 Å². The van der Waals surface area contributed by atoms with Crippen molar-refractivity contribution in [3.05, 3.63) is 89.2 Å². The summed E-state index contributed by atoms with van der Waals surface area (Å²) < 4.78 is 43.8. The molecule has 0 amide bonds. The fourth-order valence-corrected chi connectivity index (χ4v) is 2.99. The quantitative estimate of drug-likeness (QED) is 0.579. The first-order valence-electron chi connectivity index (χ1n) is 8.37. The number of Topliss-reactive ketones (excluding diaryl/α,β-unsaturated/α-hetero) is 1. The monoisotopic (exact) mass is 382 g/mol. The minimum absolute atomic E-state index is 0.116. The van der Waals surface area contributed by atoms with Crippen LogP contribution in [0.25, 0.3) is 17.2 Å². The number of ether oxygens (including phenoxy) is 1. The maximum Gasteiger partial charge on any atom is 0.416 e. The Kier molecular flexibility index (Phi) is 4.19. The van der Waals surface area contributed by atoms with Crippen molar-refractivity contribution in [1.82, 2.24) is 0 Å². The molecule has 0 saturated carbocycles. The highest BCUT2D eigenvalue weighted by atomic mass is 19.4. The highest BCUT2D eigenvalue weighted by molar-refractivity contribution is 6.15. The number of rotatable bonds is 2. The fraction of sp³-hybridized carbons (Fsp3) is 0.0455. The molecule has 1 aliphatic rings. The number of allylic oxidation sites excluding steroid dienone is 1. The molecule has 0 fully saturated rings. The zero-order valence-corrected chi connectivity index (χ0v) is 14.3. The molecule has 0 radical (unpaired) electrons. The second kappa shape index (κ2) is 6.56. The van der Waals surface area contributed by atoms with Crippen molar-refractivity contribution < 1.29 is 27.8 Å². The van der Waals surface area contributed by atoms with Crippen LogP contribution in [0.3, 0.4) is 0 Å². The third-order valence-electron chi connectivity index (χ3n) is 4.41. The number of phenolic OH excluding ortho intramolecular Hbond substituents is 1. The molecule has 28 heavy (non-hydrogen) atoms. The van der Waals surface area contributed by atoms with Gasteiger partial charge in [0.1, 0.15) is 11.5 Å². The predicted octanol–water partition coefficient (Wildman–Crippen LogP) is 5.69. The van der Waals surface area contributed by atoms with Crippen LogP contribution >= 0.6 is 0 Å². The molecular formula is C22H13F3O3. The number of alkyl halides is 3. The molecule has 0 unspecified atom stereocenters. The van der Waals surface area contributed by atoms with Crippen molar-refractivity contribution >= 4 is 11.9 Å². The van der Waals surface area contributed by atoms with Crippen LogP contribution in [0.5, 0.6) is 11.5 Å². The number of phenols is 1. The number of ketones is 1. The van der Waals surface area contributed by atoms with Crippen molar-refractivity contribution in [2.45, 2.75) is 6.18 Å². The maximum absolute atomic E-state index is 12.7. The van der Waals surface area contributed by atoms with Gasteiger partial charge in [-0.25, -0.2) is 0 Å². The summed E-state index contributed by atoms with van der Waals surface area (Å²) in [5.41, 5.74) is 0.858. The van der Waals surface area contributed by atoms with E-state index in [9.17, 15) is 23.1 Å². The zero-order chi connectivity index (χ0) is 19.9. The summed E-state index contributed by atoms with van der Waals surface area (Å²) in [5, 5.41) is 10.3. The van der Waals surface area contributed by atoms with Crippen LogP contribution < -0.4 is 4.74 Å². The van der Waals surface area contributed by atoms with Gasteiger partial charge in [-0.2, -0.15) is 13.2 Å². The first-order valence-corrected chi connectivity index (χ1v) is 8.37. The van der Waals surface area contributed by atoms with Crippen molar-refractivity contribution in [3.63, 3.8) is 0 Å². The standard InChI is InChI=1S/C22H13F3O3/c23-22(24,25)15-8-6-14(7-9-15)16-11-17-19(12-18(16)26)28-20(21(17)27)10-13-4-2-1-3-5-13/h1-12,26H/b20-10-. The van der Waals surface area contributed by atoms with E-state index in [1.54, 1.807) is 6.08 Å². The molecule has 0 atom stereocenters. The summed E-state index contributed by atoms with van der Waals surface area (Å²) in [5.74, 6) is -0.218. The van der Waals surface area contributed by atoms with Gasteiger partial charge in [0.05, 0.1) is 11.1 Å². The molecule has 0 bridgehead atoms.